The molecule has 0 aliphatic carbocycles. The van der Waals surface area contributed by atoms with Gasteiger partial charge in [-0.25, -0.2) is 0 Å². The molecule has 0 unspecified atom stereocenters. The Labute approximate surface area is 155 Å². The molecule has 27 heavy (non-hydrogen) atoms. The molecule has 136 valence electrons. The molecule has 2 aromatic heterocycles. The molecule has 2 heterocycles. The van der Waals surface area contributed by atoms with Crippen LogP contribution in [-0.4, -0.2) is 14.1 Å². The fraction of sp³-hybridized carbons (Fsp3) is 0.190. The number of pyridine rings is 1. The van der Waals surface area contributed by atoms with Crippen LogP contribution in [0.3, 0.4) is 0 Å². The molecule has 0 atom stereocenters. The van der Waals surface area contributed by atoms with Crippen molar-refractivity contribution in [1.29, 1.82) is 0 Å². The molecule has 0 N–H and O–H groups in total. The molecule has 0 radical (unpaired) electrons. The van der Waals surface area contributed by atoms with Gasteiger partial charge in [-0.05, 0) is 30.2 Å². The van der Waals surface area contributed by atoms with Crippen molar-refractivity contribution >= 4 is 27.6 Å². The molecule has 0 bridgehead atoms. The van der Waals surface area contributed by atoms with Gasteiger partial charge < -0.3 is 4.57 Å². The summed E-state index contributed by atoms with van der Waals surface area (Å²) in [5, 5.41) is 11.9. The normalized spacial score (nSPS) is 11.5. The summed E-state index contributed by atoms with van der Waals surface area (Å²) in [7, 11) is 0. The molecule has 4 aromatic rings. The SMILES string of the molecule is CC(C)Cn1c2ccccc2c2c1ccc(=O)n2-c1ccc([N+](=O)[O-])cc1. The van der Waals surface area contributed by atoms with Crippen LogP contribution in [0.4, 0.5) is 5.69 Å². The summed E-state index contributed by atoms with van der Waals surface area (Å²) in [5.41, 5.74) is 3.33. The molecular weight excluding hydrogens is 342 g/mol. The van der Waals surface area contributed by atoms with Crippen molar-refractivity contribution in [3.8, 4) is 5.69 Å². The van der Waals surface area contributed by atoms with E-state index in [1.54, 1.807) is 22.8 Å². The quantitative estimate of drug-likeness (QED) is 0.397. The number of nitro groups is 1. The first-order valence-electron chi connectivity index (χ1n) is 8.85. The van der Waals surface area contributed by atoms with Crippen molar-refractivity contribution in [3.05, 3.63) is 81.1 Å². The molecule has 6 nitrogen and oxygen atoms in total. The molecule has 0 saturated heterocycles. The molecule has 0 amide bonds. The van der Waals surface area contributed by atoms with E-state index in [9.17, 15) is 14.9 Å². The van der Waals surface area contributed by atoms with Crippen LogP contribution in [0.1, 0.15) is 13.8 Å². The highest BCUT2D eigenvalue weighted by molar-refractivity contribution is 6.06. The van der Waals surface area contributed by atoms with E-state index in [0.717, 1.165) is 28.5 Å². The van der Waals surface area contributed by atoms with Gasteiger partial charge in [-0.2, -0.15) is 0 Å². The summed E-state index contributed by atoms with van der Waals surface area (Å²) in [6, 6.07) is 17.5. The summed E-state index contributed by atoms with van der Waals surface area (Å²) in [5.74, 6) is 0.448. The molecule has 6 heteroatoms. The van der Waals surface area contributed by atoms with Crippen LogP contribution in [0.25, 0.3) is 27.6 Å². The van der Waals surface area contributed by atoms with E-state index >= 15 is 0 Å². The van der Waals surface area contributed by atoms with Gasteiger partial charge >= 0.3 is 0 Å². The maximum absolute atomic E-state index is 12.7. The summed E-state index contributed by atoms with van der Waals surface area (Å²) >= 11 is 0. The standard InChI is InChI=1S/C21H19N3O3/c1-14(2)13-22-18-6-4-3-5-17(18)21-19(22)11-12-20(25)23(21)15-7-9-16(10-8-15)24(26)27/h3-12,14H,13H2,1-2H3. The fourth-order valence-corrected chi connectivity index (χ4v) is 3.59. The van der Waals surface area contributed by atoms with Gasteiger partial charge in [0.1, 0.15) is 0 Å². The molecule has 0 saturated carbocycles. The lowest BCUT2D eigenvalue weighted by Crippen LogP contribution is -2.17. The number of hydrogen-bond donors (Lipinski definition) is 0. The third-order valence-corrected chi connectivity index (χ3v) is 4.68. The van der Waals surface area contributed by atoms with Crippen molar-refractivity contribution in [2.24, 2.45) is 5.92 Å². The Balaban J connectivity index is 2.08. The Morgan fingerprint density at radius 2 is 1.67 bits per heavy atom. The van der Waals surface area contributed by atoms with Crippen LogP contribution in [0.5, 0.6) is 0 Å². The lowest BCUT2D eigenvalue weighted by molar-refractivity contribution is -0.384. The Hall–Kier alpha value is -3.41. The van der Waals surface area contributed by atoms with E-state index in [4.69, 9.17) is 0 Å². The molecule has 0 aliphatic rings. The Kier molecular flexibility index (Phi) is 4.03. The van der Waals surface area contributed by atoms with E-state index in [0.29, 0.717) is 11.6 Å². The lowest BCUT2D eigenvalue weighted by Gasteiger charge is -2.11. The molecule has 0 fully saturated rings. The minimum absolute atomic E-state index is 0.00112. The van der Waals surface area contributed by atoms with Crippen molar-refractivity contribution in [3.63, 3.8) is 0 Å². The Morgan fingerprint density at radius 1 is 0.963 bits per heavy atom. The van der Waals surface area contributed by atoms with Crippen LogP contribution in [0, 0.1) is 16.0 Å². The smallest absolute Gasteiger partial charge is 0.269 e. The number of aromatic nitrogens is 2. The van der Waals surface area contributed by atoms with E-state index in [-0.39, 0.29) is 11.2 Å². The van der Waals surface area contributed by atoms with Gasteiger partial charge in [0.15, 0.2) is 0 Å². The van der Waals surface area contributed by atoms with Crippen LogP contribution in [-0.2, 0) is 6.54 Å². The van der Waals surface area contributed by atoms with Gasteiger partial charge in [0.05, 0.1) is 21.5 Å². The Morgan fingerprint density at radius 3 is 2.33 bits per heavy atom. The number of nitrogens with zero attached hydrogens (tertiary/aromatic N) is 3. The average molecular weight is 361 g/mol. The van der Waals surface area contributed by atoms with Gasteiger partial charge in [-0.15, -0.1) is 0 Å². The average Bonchev–Trinajstić information content (AvgIpc) is 2.95. The predicted molar refractivity (Wildman–Crippen MR) is 107 cm³/mol. The van der Waals surface area contributed by atoms with E-state index in [1.807, 2.05) is 24.3 Å². The van der Waals surface area contributed by atoms with E-state index in [2.05, 4.69) is 24.5 Å². The maximum atomic E-state index is 12.7. The van der Waals surface area contributed by atoms with Crippen molar-refractivity contribution < 1.29 is 4.92 Å². The highest BCUT2D eigenvalue weighted by Crippen LogP contribution is 2.30. The van der Waals surface area contributed by atoms with Crippen LogP contribution in [0.15, 0.2) is 65.5 Å². The van der Waals surface area contributed by atoms with Crippen LogP contribution < -0.4 is 5.56 Å². The number of non-ortho nitro benzene ring substituents is 1. The summed E-state index contributed by atoms with van der Waals surface area (Å²) in [4.78, 5) is 23.2. The van der Waals surface area contributed by atoms with Gasteiger partial charge in [0.2, 0.25) is 0 Å². The lowest BCUT2D eigenvalue weighted by atomic mass is 10.2. The zero-order valence-corrected chi connectivity index (χ0v) is 15.1. The van der Waals surface area contributed by atoms with Gasteiger partial charge in [-0.1, -0.05) is 32.0 Å². The minimum Gasteiger partial charge on any atom is -0.339 e. The third kappa shape index (κ3) is 2.79. The van der Waals surface area contributed by atoms with Gasteiger partial charge in [-0.3, -0.25) is 19.5 Å². The highest BCUT2D eigenvalue weighted by Gasteiger charge is 2.17. The summed E-state index contributed by atoms with van der Waals surface area (Å²) in [6.45, 7) is 5.16. The zero-order chi connectivity index (χ0) is 19.1. The molecule has 2 aromatic carbocycles. The van der Waals surface area contributed by atoms with Crippen molar-refractivity contribution in [1.82, 2.24) is 9.13 Å². The number of fused-ring (bicyclic) bond motifs is 3. The number of para-hydroxylation sites is 1. The second kappa shape index (κ2) is 6.39. The largest absolute Gasteiger partial charge is 0.339 e. The number of nitro benzene ring substituents is 1. The highest BCUT2D eigenvalue weighted by atomic mass is 16.6. The monoisotopic (exact) mass is 361 g/mol. The molecular formula is C21H19N3O3. The van der Waals surface area contributed by atoms with E-state index in [1.165, 1.54) is 12.1 Å². The van der Waals surface area contributed by atoms with Crippen LogP contribution >= 0.6 is 0 Å². The van der Waals surface area contributed by atoms with Crippen molar-refractivity contribution in [2.75, 3.05) is 0 Å². The first-order chi connectivity index (χ1) is 13.0. The number of hydrogen-bond acceptors (Lipinski definition) is 3. The van der Waals surface area contributed by atoms with E-state index < -0.39 is 4.92 Å². The maximum Gasteiger partial charge on any atom is 0.269 e. The second-order valence-corrected chi connectivity index (χ2v) is 7.04. The number of rotatable bonds is 4. The topological polar surface area (TPSA) is 70.1 Å². The first-order valence-corrected chi connectivity index (χ1v) is 8.85. The minimum atomic E-state index is -0.443. The van der Waals surface area contributed by atoms with Gasteiger partial charge in [0, 0.05) is 35.8 Å². The number of benzene rings is 2. The summed E-state index contributed by atoms with van der Waals surface area (Å²) < 4.78 is 3.87. The second-order valence-electron chi connectivity index (χ2n) is 7.04. The Bertz CT molecular complexity index is 1220. The zero-order valence-electron chi connectivity index (χ0n) is 15.1. The van der Waals surface area contributed by atoms with Crippen molar-refractivity contribution in [2.45, 2.75) is 20.4 Å². The fourth-order valence-electron chi connectivity index (χ4n) is 3.59. The predicted octanol–water partition coefficient (Wildman–Crippen LogP) is 4.51. The molecule has 0 spiro atoms. The summed E-state index contributed by atoms with van der Waals surface area (Å²) in [6.07, 6.45) is 0. The van der Waals surface area contributed by atoms with Gasteiger partial charge in [0.25, 0.3) is 11.2 Å². The first kappa shape index (κ1) is 17.0. The van der Waals surface area contributed by atoms with Crippen LogP contribution in [0.2, 0.25) is 0 Å². The third-order valence-electron chi connectivity index (χ3n) is 4.68. The molecule has 4 rings (SSSR count). The molecule has 0 aliphatic heterocycles.